The van der Waals surface area contributed by atoms with Crippen molar-refractivity contribution in [2.24, 2.45) is 7.05 Å². The zero-order chi connectivity index (χ0) is 12.4. The zero-order valence-corrected chi connectivity index (χ0v) is 10.7. The molecule has 0 atom stereocenters. The number of aryl methyl sites for hydroxylation is 1. The molecule has 1 aromatic heterocycles. The molecular formula is C12H10BrFN2O. The number of hydrogen-bond donors (Lipinski definition) is 1. The van der Waals surface area contributed by atoms with Crippen molar-refractivity contribution in [2.75, 3.05) is 5.32 Å². The molecule has 0 aliphatic heterocycles. The zero-order valence-electron chi connectivity index (χ0n) is 9.08. The summed E-state index contributed by atoms with van der Waals surface area (Å²) in [4.78, 5) is 11.8. The number of rotatable bonds is 2. The van der Waals surface area contributed by atoms with Crippen molar-refractivity contribution in [3.8, 4) is 0 Å². The molecule has 0 aliphatic carbocycles. The molecule has 0 spiro atoms. The van der Waals surface area contributed by atoms with E-state index in [1.54, 1.807) is 36.0 Å². The number of halogens is 2. The van der Waals surface area contributed by atoms with E-state index >= 15 is 0 Å². The standard InChI is InChI=1S/C12H10BrFN2O/c1-16-6-2-3-11(16)12(17)15-10-5-4-8(13)7-9(10)14/h2-7H,1H3,(H,15,17). The van der Waals surface area contributed by atoms with Crippen LogP contribution in [-0.4, -0.2) is 10.5 Å². The molecule has 1 amide bonds. The predicted molar refractivity (Wildman–Crippen MR) is 67.5 cm³/mol. The largest absolute Gasteiger partial charge is 0.347 e. The number of nitrogens with one attached hydrogen (secondary N) is 1. The van der Waals surface area contributed by atoms with Gasteiger partial charge in [0.15, 0.2) is 0 Å². The van der Waals surface area contributed by atoms with Gasteiger partial charge < -0.3 is 9.88 Å². The Bertz CT molecular complexity index is 565. The number of hydrogen-bond acceptors (Lipinski definition) is 1. The molecule has 0 fully saturated rings. The van der Waals surface area contributed by atoms with Crippen LogP contribution in [0.25, 0.3) is 0 Å². The van der Waals surface area contributed by atoms with E-state index in [-0.39, 0.29) is 11.6 Å². The molecule has 0 radical (unpaired) electrons. The summed E-state index contributed by atoms with van der Waals surface area (Å²) in [6.45, 7) is 0. The fourth-order valence-electron chi connectivity index (χ4n) is 1.47. The van der Waals surface area contributed by atoms with Gasteiger partial charge in [-0.2, -0.15) is 0 Å². The Kier molecular flexibility index (Phi) is 3.28. The van der Waals surface area contributed by atoms with E-state index in [0.717, 1.165) is 0 Å². The second-order valence-electron chi connectivity index (χ2n) is 3.58. The van der Waals surface area contributed by atoms with Crippen molar-refractivity contribution < 1.29 is 9.18 Å². The van der Waals surface area contributed by atoms with Gasteiger partial charge >= 0.3 is 0 Å². The normalized spacial score (nSPS) is 10.3. The molecule has 0 bridgehead atoms. The fraction of sp³-hybridized carbons (Fsp3) is 0.0833. The summed E-state index contributed by atoms with van der Waals surface area (Å²) >= 11 is 3.16. The molecule has 3 nitrogen and oxygen atoms in total. The molecule has 17 heavy (non-hydrogen) atoms. The maximum absolute atomic E-state index is 13.5. The van der Waals surface area contributed by atoms with Gasteiger partial charge in [0.25, 0.3) is 5.91 Å². The molecule has 2 rings (SSSR count). The van der Waals surface area contributed by atoms with E-state index in [2.05, 4.69) is 21.2 Å². The van der Waals surface area contributed by atoms with Crippen LogP contribution in [0.3, 0.4) is 0 Å². The Morgan fingerprint density at radius 1 is 1.41 bits per heavy atom. The molecule has 1 aromatic carbocycles. The Balaban J connectivity index is 2.22. The third-order valence-corrected chi connectivity index (χ3v) is 2.85. The smallest absolute Gasteiger partial charge is 0.272 e. The minimum absolute atomic E-state index is 0.166. The Morgan fingerprint density at radius 3 is 2.76 bits per heavy atom. The van der Waals surface area contributed by atoms with Gasteiger partial charge in [0.1, 0.15) is 11.5 Å². The van der Waals surface area contributed by atoms with Crippen LogP contribution in [0.4, 0.5) is 10.1 Å². The summed E-state index contributed by atoms with van der Waals surface area (Å²) in [5, 5.41) is 2.53. The maximum atomic E-state index is 13.5. The van der Waals surface area contributed by atoms with Crippen LogP contribution in [0.2, 0.25) is 0 Å². The van der Waals surface area contributed by atoms with Crippen molar-refractivity contribution in [2.45, 2.75) is 0 Å². The van der Waals surface area contributed by atoms with E-state index in [1.165, 1.54) is 12.1 Å². The lowest BCUT2D eigenvalue weighted by molar-refractivity contribution is 0.101. The van der Waals surface area contributed by atoms with Gasteiger partial charge in [-0.1, -0.05) is 15.9 Å². The predicted octanol–water partition coefficient (Wildman–Crippen LogP) is 3.18. The van der Waals surface area contributed by atoms with Crippen molar-refractivity contribution in [3.63, 3.8) is 0 Å². The highest BCUT2D eigenvalue weighted by Gasteiger charge is 2.11. The summed E-state index contributed by atoms with van der Waals surface area (Å²) in [5.41, 5.74) is 0.645. The first-order valence-electron chi connectivity index (χ1n) is 4.95. The molecule has 0 aliphatic rings. The Labute approximate surface area is 106 Å². The summed E-state index contributed by atoms with van der Waals surface area (Å²) in [7, 11) is 1.76. The van der Waals surface area contributed by atoms with Crippen LogP contribution in [-0.2, 0) is 7.05 Å². The minimum Gasteiger partial charge on any atom is -0.347 e. The topological polar surface area (TPSA) is 34.0 Å². The molecule has 1 heterocycles. The Hall–Kier alpha value is -1.62. The summed E-state index contributed by atoms with van der Waals surface area (Å²) in [6.07, 6.45) is 1.76. The van der Waals surface area contributed by atoms with Crippen molar-refractivity contribution in [3.05, 3.63) is 52.5 Å². The number of anilines is 1. The lowest BCUT2D eigenvalue weighted by atomic mass is 10.3. The minimum atomic E-state index is -0.470. The van der Waals surface area contributed by atoms with Gasteiger partial charge in [0, 0.05) is 17.7 Å². The molecule has 0 saturated carbocycles. The number of amides is 1. The first kappa shape index (κ1) is 11.9. The number of nitrogens with zero attached hydrogens (tertiary/aromatic N) is 1. The molecule has 2 aromatic rings. The van der Waals surface area contributed by atoms with Crippen LogP contribution in [0.15, 0.2) is 41.0 Å². The SMILES string of the molecule is Cn1cccc1C(=O)Nc1ccc(Br)cc1F. The molecule has 88 valence electrons. The van der Waals surface area contributed by atoms with Gasteiger partial charge in [-0.15, -0.1) is 0 Å². The van der Waals surface area contributed by atoms with Crippen LogP contribution in [0.5, 0.6) is 0 Å². The van der Waals surface area contributed by atoms with E-state index in [4.69, 9.17) is 0 Å². The third-order valence-electron chi connectivity index (χ3n) is 2.36. The second kappa shape index (κ2) is 4.71. The van der Waals surface area contributed by atoms with E-state index in [1.807, 2.05) is 0 Å². The average molecular weight is 297 g/mol. The quantitative estimate of drug-likeness (QED) is 0.907. The van der Waals surface area contributed by atoms with Gasteiger partial charge in [-0.25, -0.2) is 4.39 Å². The molecule has 5 heteroatoms. The van der Waals surface area contributed by atoms with Crippen LogP contribution < -0.4 is 5.32 Å². The Morgan fingerprint density at radius 2 is 2.18 bits per heavy atom. The van der Waals surface area contributed by atoms with Crippen LogP contribution in [0.1, 0.15) is 10.5 Å². The first-order valence-corrected chi connectivity index (χ1v) is 5.75. The summed E-state index contributed by atoms with van der Waals surface area (Å²) < 4.78 is 15.8. The van der Waals surface area contributed by atoms with Gasteiger partial charge in [-0.05, 0) is 30.3 Å². The van der Waals surface area contributed by atoms with Crippen LogP contribution in [0, 0.1) is 5.82 Å². The monoisotopic (exact) mass is 296 g/mol. The molecule has 0 unspecified atom stereocenters. The third kappa shape index (κ3) is 2.55. The molecule has 0 saturated heterocycles. The maximum Gasteiger partial charge on any atom is 0.272 e. The highest BCUT2D eigenvalue weighted by atomic mass is 79.9. The van der Waals surface area contributed by atoms with Crippen LogP contribution >= 0.6 is 15.9 Å². The summed E-state index contributed by atoms with van der Waals surface area (Å²) in [6, 6.07) is 7.92. The van der Waals surface area contributed by atoms with Crippen molar-refractivity contribution in [1.82, 2.24) is 4.57 Å². The lowest BCUT2D eigenvalue weighted by Gasteiger charge is -2.07. The number of aromatic nitrogens is 1. The van der Waals surface area contributed by atoms with E-state index < -0.39 is 5.82 Å². The number of benzene rings is 1. The van der Waals surface area contributed by atoms with Gasteiger partial charge in [0.2, 0.25) is 0 Å². The summed E-state index contributed by atoms with van der Waals surface area (Å²) in [5.74, 6) is -0.805. The van der Waals surface area contributed by atoms with Crippen molar-refractivity contribution in [1.29, 1.82) is 0 Å². The highest BCUT2D eigenvalue weighted by Crippen LogP contribution is 2.19. The highest BCUT2D eigenvalue weighted by molar-refractivity contribution is 9.10. The lowest BCUT2D eigenvalue weighted by Crippen LogP contribution is -2.16. The van der Waals surface area contributed by atoms with Gasteiger partial charge in [-0.3, -0.25) is 4.79 Å². The number of carbonyl (C=O) groups excluding carboxylic acids is 1. The fourth-order valence-corrected chi connectivity index (χ4v) is 1.81. The van der Waals surface area contributed by atoms with Gasteiger partial charge in [0.05, 0.1) is 5.69 Å². The molecular weight excluding hydrogens is 287 g/mol. The molecule has 1 N–H and O–H groups in total. The first-order chi connectivity index (χ1) is 8.08. The second-order valence-corrected chi connectivity index (χ2v) is 4.50. The average Bonchev–Trinajstić information content (AvgIpc) is 2.68. The van der Waals surface area contributed by atoms with E-state index in [0.29, 0.717) is 10.2 Å². The van der Waals surface area contributed by atoms with E-state index in [9.17, 15) is 9.18 Å². The number of carbonyl (C=O) groups is 1. The van der Waals surface area contributed by atoms with Crippen molar-refractivity contribution >= 4 is 27.5 Å².